The third-order valence-corrected chi connectivity index (χ3v) is 3.76. The molecule has 0 saturated carbocycles. The van der Waals surface area contributed by atoms with Crippen LogP contribution in [0.1, 0.15) is 15.9 Å². The maximum absolute atomic E-state index is 13.6. The average Bonchev–Trinajstić information content (AvgIpc) is 2.67. The number of nitrogens with one attached hydrogen (secondary N) is 2. The van der Waals surface area contributed by atoms with Gasteiger partial charge in [-0.05, 0) is 30.3 Å². The number of aromatic nitrogens is 1. The van der Waals surface area contributed by atoms with E-state index in [1.165, 1.54) is 6.07 Å². The lowest BCUT2D eigenvalue weighted by atomic mass is 10.2. The van der Waals surface area contributed by atoms with Crippen LogP contribution in [0.25, 0.3) is 0 Å². The van der Waals surface area contributed by atoms with Crippen molar-refractivity contribution in [3.63, 3.8) is 0 Å². The fourth-order valence-corrected chi connectivity index (χ4v) is 2.41. The molecule has 6 heteroatoms. The van der Waals surface area contributed by atoms with Crippen molar-refractivity contribution in [2.45, 2.75) is 6.54 Å². The van der Waals surface area contributed by atoms with E-state index in [0.717, 1.165) is 5.69 Å². The van der Waals surface area contributed by atoms with Crippen molar-refractivity contribution in [3.8, 4) is 5.75 Å². The third-order valence-electron chi connectivity index (χ3n) is 3.76. The molecule has 3 rings (SSSR count). The molecule has 26 heavy (non-hydrogen) atoms. The predicted octanol–water partition coefficient (Wildman–Crippen LogP) is 3.90. The van der Waals surface area contributed by atoms with Crippen molar-refractivity contribution in [2.24, 2.45) is 0 Å². The smallest absolute Gasteiger partial charge is 0.251 e. The fraction of sp³-hybridized carbons (Fsp3) is 0.100. The number of rotatable bonds is 6. The standard InChI is InChI=1S/C20H18FN3O2/c1-26-17-7-4-6-16(12-17)24-19-11-14(9-10-22-19)20(25)23-13-15-5-2-3-8-18(15)21/h2-12H,13H2,1H3,(H,22,24)(H,23,25). The predicted molar refractivity (Wildman–Crippen MR) is 98.1 cm³/mol. The van der Waals surface area contributed by atoms with Gasteiger partial charge in [0.05, 0.1) is 7.11 Å². The second-order valence-electron chi connectivity index (χ2n) is 5.56. The van der Waals surface area contributed by atoms with Gasteiger partial charge in [-0.1, -0.05) is 24.3 Å². The van der Waals surface area contributed by atoms with Crippen LogP contribution in [0, 0.1) is 5.82 Å². The van der Waals surface area contributed by atoms with Crippen molar-refractivity contribution in [3.05, 3.63) is 83.8 Å². The molecule has 1 amide bonds. The number of ether oxygens (including phenoxy) is 1. The maximum atomic E-state index is 13.6. The van der Waals surface area contributed by atoms with Gasteiger partial charge in [-0.2, -0.15) is 0 Å². The van der Waals surface area contributed by atoms with E-state index in [2.05, 4.69) is 15.6 Å². The molecule has 2 aromatic carbocycles. The van der Waals surface area contributed by atoms with Gasteiger partial charge >= 0.3 is 0 Å². The Kier molecular flexibility index (Phi) is 5.43. The van der Waals surface area contributed by atoms with Crippen molar-refractivity contribution in [1.82, 2.24) is 10.3 Å². The number of amides is 1. The van der Waals surface area contributed by atoms with Crippen LogP contribution in [0.4, 0.5) is 15.9 Å². The summed E-state index contributed by atoms with van der Waals surface area (Å²) in [5, 5.41) is 5.84. The molecule has 5 nitrogen and oxygen atoms in total. The lowest BCUT2D eigenvalue weighted by molar-refractivity contribution is 0.0950. The first kappa shape index (κ1) is 17.4. The number of carbonyl (C=O) groups is 1. The minimum Gasteiger partial charge on any atom is -0.497 e. The lowest BCUT2D eigenvalue weighted by Crippen LogP contribution is -2.23. The number of halogens is 1. The molecule has 0 fully saturated rings. The van der Waals surface area contributed by atoms with Crippen molar-refractivity contribution in [2.75, 3.05) is 12.4 Å². The van der Waals surface area contributed by atoms with Crippen molar-refractivity contribution in [1.29, 1.82) is 0 Å². The van der Waals surface area contributed by atoms with E-state index in [-0.39, 0.29) is 18.3 Å². The Morgan fingerprint density at radius 1 is 1.12 bits per heavy atom. The number of nitrogens with zero attached hydrogens (tertiary/aromatic N) is 1. The number of methoxy groups -OCH3 is 1. The Hall–Kier alpha value is -3.41. The largest absolute Gasteiger partial charge is 0.497 e. The average molecular weight is 351 g/mol. The van der Waals surface area contributed by atoms with Crippen molar-refractivity contribution >= 4 is 17.4 Å². The summed E-state index contributed by atoms with van der Waals surface area (Å²) in [4.78, 5) is 16.5. The quantitative estimate of drug-likeness (QED) is 0.707. The maximum Gasteiger partial charge on any atom is 0.251 e. The van der Waals surface area contributed by atoms with E-state index in [1.807, 2.05) is 24.3 Å². The molecule has 1 heterocycles. The molecular weight excluding hydrogens is 333 g/mol. The molecule has 132 valence electrons. The second-order valence-corrected chi connectivity index (χ2v) is 5.56. The van der Waals surface area contributed by atoms with E-state index in [0.29, 0.717) is 22.7 Å². The zero-order valence-corrected chi connectivity index (χ0v) is 14.2. The second kappa shape index (κ2) is 8.11. The Bertz CT molecular complexity index is 915. The van der Waals surface area contributed by atoms with Crippen LogP contribution >= 0.6 is 0 Å². The summed E-state index contributed by atoms with van der Waals surface area (Å²) < 4.78 is 18.8. The molecule has 1 aromatic heterocycles. The summed E-state index contributed by atoms with van der Waals surface area (Å²) in [5.74, 6) is 0.595. The van der Waals surface area contributed by atoms with Crippen LogP contribution < -0.4 is 15.4 Å². The van der Waals surface area contributed by atoms with Crippen LogP contribution in [-0.4, -0.2) is 18.0 Å². The highest BCUT2D eigenvalue weighted by atomic mass is 19.1. The Morgan fingerprint density at radius 2 is 1.96 bits per heavy atom. The van der Waals surface area contributed by atoms with Gasteiger partial charge in [0.2, 0.25) is 0 Å². The van der Waals surface area contributed by atoms with Crippen LogP contribution in [0.15, 0.2) is 66.9 Å². The van der Waals surface area contributed by atoms with Gasteiger partial charge in [-0.15, -0.1) is 0 Å². The fourth-order valence-electron chi connectivity index (χ4n) is 2.41. The first-order valence-corrected chi connectivity index (χ1v) is 8.04. The van der Waals surface area contributed by atoms with Gasteiger partial charge in [-0.3, -0.25) is 4.79 Å². The third kappa shape index (κ3) is 4.36. The Morgan fingerprint density at radius 3 is 2.77 bits per heavy atom. The van der Waals surface area contributed by atoms with Crippen molar-refractivity contribution < 1.29 is 13.9 Å². The summed E-state index contributed by atoms with van der Waals surface area (Å²) in [5.41, 5.74) is 1.66. The molecule has 0 aliphatic carbocycles. The minimum absolute atomic E-state index is 0.118. The number of hydrogen-bond donors (Lipinski definition) is 2. The Labute approximate surface area is 150 Å². The lowest BCUT2D eigenvalue weighted by Gasteiger charge is -2.09. The molecule has 0 bridgehead atoms. The van der Waals surface area contributed by atoms with E-state index in [1.54, 1.807) is 43.6 Å². The van der Waals surface area contributed by atoms with Gasteiger partial charge in [0.1, 0.15) is 17.4 Å². The van der Waals surface area contributed by atoms with Gasteiger partial charge in [0.25, 0.3) is 5.91 Å². The van der Waals surface area contributed by atoms with Gasteiger partial charge in [0.15, 0.2) is 0 Å². The highest BCUT2D eigenvalue weighted by molar-refractivity contribution is 5.94. The van der Waals surface area contributed by atoms with E-state index < -0.39 is 0 Å². The first-order valence-electron chi connectivity index (χ1n) is 8.04. The summed E-state index contributed by atoms with van der Waals surface area (Å²) >= 11 is 0. The van der Waals surface area contributed by atoms with Gasteiger partial charge < -0.3 is 15.4 Å². The monoisotopic (exact) mass is 351 g/mol. The summed E-state index contributed by atoms with van der Waals surface area (Å²) in [6.07, 6.45) is 1.54. The number of anilines is 2. The molecule has 0 radical (unpaired) electrons. The SMILES string of the molecule is COc1cccc(Nc2cc(C(=O)NCc3ccccc3F)ccn2)c1. The van der Waals surface area contributed by atoms with E-state index in [9.17, 15) is 9.18 Å². The topological polar surface area (TPSA) is 63.2 Å². The zero-order valence-electron chi connectivity index (χ0n) is 14.2. The summed E-state index contributed by atoms with van der Waals surface area (Å²) in [7, 11) is 1.60. The van der Waals surface area contributed by atoms with Crippen LogP contribution in [-0.2, 0) is 6.54 Å². The number of hydrogen-bond acceptors (Lipinski definition) is 4. The number of benzene rings is 2. The summed E-state index contributed by atoms with van der Waals surface area (Å²) in [6.45, 7) is 0.118. The highest BCUT2D eigenvalue weighted by Crippen LogP contribution is 2.20. The van der Waals surface area contributed by atoms with Crippen LogP contribution in [0.5, 0.6) is 5.75 Å². The molecule has 0 atom stereocenters. The first-order chi connectivity index (χ1) is 12.7. The van der Waals surface area contributed by atoms with Gasteiger partial charge in [0, 0.05) is 35.6 Å². The normalized spacial score (nSPS) is 10.2. The molecule has 2 N–H and O–H groups in total. The molecule has 0 unspecified atom stereocenters. The van der Waals surface area contributed by atoms with E-state index >= 15 is 0 Å². The Balaban J connectivity index is 1.68. The van der Waals surface area contributed by atoms with E-state index in [4.69, 9.17) is 4.74 Å². The molecule has 0 aliphatic heterocycles. The molecule has 3 aromatic rings. The molecular formula is C20H18FN3O2. The molecule has 0 saturated heterocycles. The highest BCUT2D eigenvalue weighted by Gasteiger charge is 2.09. The number of pyridine rings is 1. The van der Waals surface area contributed by atoms with Gasteiger partial charge in [-0.25, -0.2) is 9.37 Å². The zero-order chi connectivity index (χ0) is 18.4. The summed E-state index contributed by atoms with van der Waals surface area (Å²) in [6, 6.07) is 17.0. The molecule has 0 aliphatic rings. The minimum atomic E-state index is -0.345. The molecule has 0 spiro atoms. The number of carbonyl (C=O) groups excluding carboxylic acids is 1. The van der Waals surface area contributed by atoms with Crippen LogP contribution in [0.2, 0.25) is 0 Å². The van der Waals surface area contributed by atoms with Crippen LogP contribution in [0.3, 0.4) is 0 Å².